The Hall–Kier alpha value is -2.79. The number of hydrogen-bond donors (Lipinski definition) is 2. The third-order valence-electron chi connectivity index (χ3n) is 3.43. The normalized spacial score (nSPS) is 15.9. The highest BCUT2D eigenvalue weighted by Gasteiger charge is 2.32. The van der Waals surface area contributed by atoms with Gasteiger partial charge in [0.05, 0.1) is 11.4 Å². The van der Waals surface area contributed by atoms with Gasteiger partial charge in [-0.05, 0) is 30.3 Å². The van der Waals surface area contributed by atoms with Crippen molar-refractivity contribution < 1.29 is 9.59 Å². The highest BCUT2D eigenvalue weighted by Crippen LogP contribution is 2.37. The van der Waals surface area contributed by atoms with E-state index in [1.807, 2.05) is 18.2 Å². The summed E-state index contributed by atoms with van der Waals surface area (Å²) >= 11 is 6.09. The van der Waals surface area contributed by atoms with Crippen molar-refractivity contribution in [1.29, 1.82) is 0 Å². The van der Waals surface area contributed by atoms with Gasteiger partial charge in [0.1, 0.15) is 5.57 Å². The maximum Gasteiger partial charge on any atom is 0.269 e. The lowest BCUT2D eigenvalue weighted by Gasteiger charge is -2.22. The van der Waals surface area contributed by atoms with E-state index in [1.54, 1.807) is 37.4 Å². The first kappa shape index (κ1) is 15.1. The second-order valence-electron chi connectivity index (χ2n) is 4.94. The van der Waals surface area contributed by atoms with Crippen LogP contribution in [0.3, 0.4) is 0 Å². The Morgan fingerprint density at radius 3 is 2.57 bits per heavy atom. The van der Waals surface area contributed by atoms with E-state index in [-0.39, 0.29) is 5.57 Å². The number of benzene rings is 2. The van der Waals surface area contributed by atoms with Gasteiger partial charge in [-0.25, -0.2) is 0 Å². The fourth-order valence-corrected chi connectivity index (χ4v) is 2.58. The van der Waals surface area contributed by atoms with Crippen LogP contribution < -0.4 is 15.5 Å². The van der Waals surface area contributed by atoms with Gasteiger partial charge in [-0.1, -0.05) is 29.8 Å². The average Bonchev–Trinajstić information content (AvgIpc) is 2.64. The number of hydrogen-bond acceptors (Lipinski definition) is 3. The predicted octanol–water partition coefficient (Wildman–Crippen LogP) is 3.06. The molecular formula is C17H14ClN3O2. The molecule has 2 N–H and O–H groups in total. The van der Waals surface area contributed by atoms with Crippen molar-refractivity contribution in [3.63, 3.8) is 0 Å². The van der Waals surface area contributed by atoms with Crippen LogP contribution in [0.4, 0.5) is 17.1 Å². The monoisotopic (exact) mass is 327 g/mol. The minimum Gasteiger partial charge on any atom is -0.393 e. The molecule has 1 heterocycles. The molecule has 2 aromatic rings. The maximum absolute atomic E-state index is 12.9. The van der Waals surface area contributed by atoms with Crippen molar-refractivity contribution in [1.82, 2.24) is 5.32 Å². The van der Waals surface area contributed by atoms with E-state index in [1.165, 1.54) is 11.1 Å². The summed E-state index contributed by atoms with van der Waals surface area (Å²) in [5.74, 6) is -0.893. The lowest BCUT2D eigenvalue weighted by Crippen LogP contribution is -2.30. The zero-order valence-electron chi connectivity index (χ0n) is 12.3. The molecule has 3 rings (SSSR count). The maximum atomic E-state index is 12.9. The molecule has 2 amide bonds. The summed E-state index contributed by atoms with van der Waals surface area (Å²) in [5.41, 5.74) is 1.72. The van der Waals surface area contributed by atoms with Gasteiger partial charge in [-0.15, -0.1) is 0 Å². The first-order chi connectivity index (χ1) is 11.1. The lowest BCUT2D eigenvalue weighted by atomic mass is 10.2. The minimum atomic E-state index is -0.466. The standard InChI is InChI=1S/C17H14ClN3O2/c1-19-10-13-16(22)20-14-8-7-11(18)9-15(14)21(17(13)23)12-5-3-2-4-6-12/h2-10,19H,1H3,(H,20,22). The molecule has 0 fully saturated rings. The second kappa shape index (κ2) is 6.14. The van der Waals surface area contributed by atoms with Gasteiger partial charge in [-0.2, -0.15) is 0 Å². The fourth-order valence-electron chi connectivity index (χ4n) is 2.42. The predicted molar refractivity (Wildman–Crippen MR) is 90.8 cm³/mol. The van der Waals surface area contributed by atoms with Gasteiger partial charge in [0.25, 0.3) is 11.8 Å². The highest BCUT2D eigenvalue weighted by atomic mass is 35.5. The van der Waals surface area contributed by atoms with Crippen LogP contribution in [0.15, 0.2) is 60.3 Å². The van der Waals surface area contributed by atoms with E-state index in [0.717, 1.165) is 0 Å². The number of anilines is 3. The van der Waals surface area contributed by atoms with E-state index in [2.05, 4.69) is 10.6 Å². The molecule has 0 saturated carbocycles. The summed E-state index contributed by atoms with van der Waals surface area (Å²) in [6.07, 6.45) is 1.39. The van der Waals surface area contributed by atoms with Crippen LogP contribution in [0, 0.1) is 0 Å². The Morgan fingerprint density at radius 1 is 1.13 bits per heavy atom. The SMILES string of the molecule is CNC=C1C(=O)Nc2ccc(Cl)cc2N(c2ccccc2)C1=O. The van der Waals surface area contributed by atoms with E-state index in [0.29, 0.717) is 22.1 Å². The Morgan fingerprint density at radius 2 is 1.87 bits per heavy atom. The summed E-state index contributed by atoms with van der Waals surface area (Å²) < 4.78 is 0. The van der Waals surface area contributed by atoms with Crippen molar-refractivity contribution in [2.75, 3.05) is 17.3 Å². The van der Waals surface area contributed by atoms with Crippen molar-refractivity contribution in [3.05, 3.63) is 65.3 Å². The molecule has 6 heteroatoms. The minimum absolute atomic E-state index is 0.0173. The lowest BCUT2D eigenvalue weighted by molar-refractivity contribution is -0.119. The molecule has 0 radical (unpaired) electrons. The molecule has 0 saturated heterocycles. The molecule has 2 aromatic carbocycles. The third-order valence-corrected chi connectivity index (χ3v) is 3.67. The van der Waals surface area contributed by atoms with E-state index in [4.69, 9.17) is 11.6 Å². The number of amides is 2. The molecule has 0 unspecified atom stereocenters. The van der Waals surface area contributed by atoms with Crippen LogP contribution in [-0.4, -0.2) is 18.9 Å². The number of nitrogens with one attached hydrogen (secondary N) is 2. The Kier molecular flexibility index (Phi) is 4.04. The van der Waals surface area contributed by atoms with E-state index < -0.39 is 11.8 Å². The molecule has 0 atom stereocenters. The number of fused-ring (bicyclic) bond motifs is 1. The number of rotatable bonds is 2. The van der Waals surface area contributed by atoms with Gasteiger partial charge in [0, 0.05) is 24.0 Å². The van der Waals surface area contributed by atoms with Gasteiger partial charge in [0.15, 0.2) is 0 Å². The Labute approximate surface area is 138 Å². The first-order valence-corrected chi connectivity index (χ1v) is 7.37. The van der Waals surface area contributed by atoms with Crippen LogP contribution in [0.5, 0.6) is 0 Å². The number of carbonyl (C=O) groups is 2. The van der Waals surface area contributed by atoms with Crippen LogP contribution >= 0.6 is 11.6 Å². The fraction of sp³-hybridized carbons (Fsp3) is 0.0588. The van der Waals surface area contributed by atoms with Crippen molar-refractivity contribution in [2.45, 2.75) is 0 Å². The molecule has 5 nitrogen and oxygen atoms in total. The Balaban J connectivity index is 2.24. The van der Waals surface area contributed by atoms with E-state index in [9.17, 15) is 9.59 Å². The Bertz CT molecular complexity index is 803. The van der Waals surface area contributed by atoms with Crippen molar-refractivity contribution in [2.24, 2.45) is 0 Å². The summed E-state index contributed by atoms with van der Waals surface area (Å²) in [6, 6.07) is 14.1. The van der Waals surface area contributed by atoms with Crippen LogP contribution in [-0.2, 0) is 9.59 Å². The van der Waals surface area contributed by atoms with Gasteiger partial charge in [-0.3, -0.25) is 14.5 Å². The largest absolute Gasteiger partial charge is 0.393 e. The number of nitrogens with zero attached hydrogens (tertiary/aromatic N) is 1. The molecule has 0 aliphatic carbocycles. The topological polar surface area (TPSA) is 61.4 Å². The molecule has 116 valence electrons. The van der Waals surface area contributed by atoms with Crippen LogP contribution in [0.1, 0.15) is 0 Å². The van der Waals surface area contributed by atoms with Gasteiger partial charge >= 0.3 is 0 Å². The second-order valence-corrected chi connectivity index (χ2v) is 5.37. The quantitative estimate of drug-likeness (QED) is 0.658. The zero-order chi connectivity index (χ0) is 16.4. The zero-order valence-corrected chi connectivity index (χ0v) is 13.1. The molecule has 0 spiro atoms. The average molecular weight is 328 g/mol. The summed E-state index contributed by atoms with van der Waals surface area (Å²) in [7, 11) is 1.63. The molecule has 0 bridgehead atoms. The summed E-state index contributed by atoms with van der Waals surface area (Å²) in [4.78, 5) is 26.7. The van der Waals surface area contributed by atoms with Crippen LogP contribution in [0.2, 0.25) is 5.02 Å². The molecule has 0 aromatic heterocycles. The number of para-hydroxylation sites is 1. The van der Waals surface area contributed by atoms with Crippen LogP contribution in [0.25, 0.3) is 0 Å². The van der Waals surface area contributed by atoms with Crippen molar-refractivity contribution >= 4 is 40.5 Å². The number of halogens is 1. The van der Waals surface area contributed by atoms with E-state index >= 15 is 0 Å². The third kappa shape index (κ3) is 2.78. The van der Waals surface area contributed by atoms with Crippen molar-refractivity contribution in [3.8, 4) is 0 Å². The molecule has 1 aliphatic rings. The molecule has 1 aliphatic heterocycles. The molecule has 23 heavy (non-hydrogen) atoms. The number of carbonyl (C=O) groups excluding carboxylic acids is 2. The highest BCUT2D eigenvalue weighted by molar-refractivity contribution is 6.34. The smallest absolute Gasteiger partial charge is 0.269 e. The first-order valence-electron chi connectivity index (χ1n) is 6.99. The summed E-state index contributed by atoms with van der Waals surface area (Å²) in [5, 5.41) is 5.97. The van der Waals surface area contributed by atoms with Gasteiger partial charge in [0.2, 0.25) is 0 Å². The summed E-state index contributed by atoms with van der Waals surface area (Å²) in [6.45, 7) is 0. The molecular weight excluding hydrogens is 314 g/mol. The van der Waals surface area contributed by atoms with Gasteiger partial charge < -0.3 is 10.6 Å².